The molecule has 0 spiro atoms. The summed E-state index contributed by atoms with van der Waals surface area (Å²) in [4.78, 5) is 35.9. The second-order valence-corrected chi connectivity index (χ2v) is 10.4. The topological polar surface area (TPSA) is 159 Å². The summed E-state index contributed by atoms with van der Waals surface area (Å²) in [7, 11) is 0. The summed E-state index contributed by atoms with van der Waals surface area (Å²) in [6.45, 7) is 1.33. The van der Waals surface area contributed by atoms with Gasteiger partial charge in [-0.1, -0.05) is 12.1 Å². The number of hydrogen-bond acceptors (Lipinski definition) is 11. The molecule has 4 aromatic rings. The van der Waals surface area contributed by atoms with E-state index in [-0.39, 0.29) is 30.4 Å². The highest BCUT2D eigenvalue weighted by Crippen LogP contribution is 2.38. The lowest BCUT2D eigenvalue weighted by Crippen LogP contribution is -2.29. The number of benzene rings is 4. The largest absolute Gasteiger partial charge is 0.492 e. The molecule has 13 nitrogen and oxygen atoms in total. The Morgan fingerprint density at radius 3 is 1.33 bits per heavy atom. The second kappa shape index (κ2) is 13.4. The highest BCUT2D eigenvalue weighted by Gasteiger charge is 2.33. The van der Waals surface area contributed by atoms with Gasteiger partial charge in [-0.3, -0.25) is 25.0 Å². The molecule has 46 heavy (non-hydrogen) atoms. The molecule has 0 aliphatic carbocycles. The van der Waals surface area contributed by atoms with E-state index in [1.165, 1.54) is 48.5 Å². The lowest BCUT2D eigenvalue weighted by Gasteiger charge is -2.26. The van der Waals surface area contributed by atoms with Crippen molar-refractivity contribution in [3.05, 3.63) is 116 Å². The number of non-ortho nitro benzene ring substituents is 2. The van der Waals surface area contributed by atoms with Crippen LogP contribution >= 0.6 is 0 Å². The van der Waals surface area contributed by atoms with E-state index in [1.54, 1.807) is 36.4 Å². The van der Waals surface area contributed by atoms with Gasteiger partial charge in [0.25, 0.3) is 11.4 Å². The molecule has 2 atom stereocenters. The quantitative estimate of drug-likeness (QED) is 0.141. The molecule has 2 heterocycles. The van der Waals surface area contributed by atoms with E-state index in [0.717, 1.165) is 0 Å². The van der Waals surface area contributed by atoms with Crippen molar-refractivity contribution in [1.82, 2.24) is 0 Å². The van der Waals surface area contributed by atoms with E-state index in [1.807, 2.05) is 0 Å². The van der Waals surface area contributed by atoms with Crippen molar-refractivity contribution in [3.8, 4) is 34.5 Å². The van der Waals surface area contributed by atoms with E-state index in [4.69, 9.17) is 28.4 Å². The number of nitro groups is 2. The van der Waals surface area contributed by atoms with E-state index in [9.17, 15) is 25.0 Å². The van der Waals surface area contributed by atoms with Crippen molar-refractivity contribution in [2.75, 3.05) is 39.6 Å². The normalized spacial score (nSPS) is 14.4. The van der Waals surface area contributed by atoms with Crippen molar-refractivity contribution in [2.24, 2.45) is 0 Å². The zero-order valence-electron chi connectivity index (χ0n) is 24.4. The lowest BCUT2D eigenvalue weighted by molar-refractivity contribution is -0.385. The van der Waals surface area contributed by atoms with Gasteiger partial charge < -0.3 is 28.4 Å². The number of ketones is 1. The number of hydrogen-bond donors (Lipinski definition) is 0. The van der Waals surface area contributed by atoms with Crippen LogP contribution in [0.25, 0.3) is 0 Å². The zero-order valence-corrected chi connectivity index (χ0v) is 24.4. The minimum absolute atomic E-state index is 0.0890. The Bertz CT molecular complexity index is 1610. The summed E-state index contributed by atoms with van der Waals surface area (Å²) in [6, 6.07) is 21.7. The maximum absolute atomic E-state index is 14.6. The maximum atomic E-state index is 14.6. The fraction of sp³-hybridized carbons (Fsp3) is 0.242. The number of carbonyl (C=O) groups is 1. The molecule has 0 N–H and O–H groups in total. The standard InChI is InChI=1S/C33H28N2O11/c36-33(27(19-45-25-7-3-23(4-8-25)34(37)38)21-1-11-29-31(17-21)43-15-13-41-29)28(20-46-26-9-5-24(6-10-26)35(39)40)22-2-12-30-32(18-22)44-16-14-42-30/h1-12,17-18,27-28H,13-16,19-20H2. The average Bonchev–Trinajstić information content (AvgIpc) is 3.08. The van der Waals surface area contributed by atoms with Gasteiger partial charge in [0.05, 0.1) is 21.7 Å². The van der Waals surface area contributed by atoms with Crippen LogP contribution in [0.1, 0.15) is 23.0 Å². The van der Waals surface area contributed by atoms with Crippen LogP contribution in [-0.2, 0) is 4.79 Å². The number of fused-ring (bicyclic) bond motifs is 2. The van der Waals surface area contributed by atoms with Gasteiger partial charge in [0.15, 0.2) is 28.8 Å². The Morgan fingerprint density at radius 2 is 0.957 bits per heavy atom. The van der Waals surface area contributed by atoms with Crippen molar-refractivity contribution in [2.45, 2.75) is 11.8 Å². The number of ether oxygens (including phenoxy) is 6. The van der Waals surface area contributed by atoms with E-state index in [0.29, 0.717) is 72.1 Å². The first kappa shape index (κ1) is 30.2. The third-order valence-corrected chi connectivity index (χ3v) is 7.55. The highest BCUT2D eigenvalue weighted by molar-refractivity contribution is 5.92. The molecule has 0 radical (unpaired) electrons. The lowest BCUT2D eigenvalue weighted by atomic mass is 9.84. The smallest absolute Gasteiger partial charge is 0.269 e. The fourth-order valence-corrected chi connectivity index (χ4v) is 5.17. The predicted octanol–water partition coefficient (Wildman–Crippen LogP) is 5.64. The summed E-state index contributed by atoms with van der Waals surface area (Å²) in [5.41, 5.74) is 1.03. The molecule has 2 unspecified atom stereocenters. The first-order valence-electron chi connectivity index (χ1n) is 14.4. The van der Waals surface area contributed by atoms with Gasteiger partial charge in [0.2, 0.25) is 0 Å². The van der Waals surface area contributed by atoms with Gasteiger partial charge in [-0.05, 0) is 59.7 Å². The van der Waals surface area contributed by atoms with Crippen molar-refractivity contribution in [1.29, 1.82) is 0 Å². The Kier molecular flexibility index (Phi) is 8.81. The molecule has 0 amide bonds. The summed E-state index contributed by atoms with van der Waals surface area (Å²) in [5.74, 6) is 0.860. The molecule has 4 aromatic carbocycles. The van der Waals surface area contributed by atoms with Crippen LogP contribution in [-0.4, -0.2) is 55.3 Å². The van der Waals surface area contributed by atoms with Crippen LogP contribution in [0.15, 0.2) is 84.9 Å². The van der Waals surface area contributed by atoms with Crippen molar-refractivity contribution in [3.63, 3.8) is 0 Å². The number of nitrogens with zero attached hydrogens (tertiary/aromatic N) is 2. The maximum Gasteiger partial charge on any atom is 0.269 e. The second-order valence-electron chi connectivity index (χ2n) is 10.4. The van der Waals surface area contributed by atoms with Gasteiger partial charge in [-0.15, -0.1) is 0 Å². The Labute approximate surface area is 262 Å². The molecule has 6 rings (SSSR count). The number of carbonyl (C=O) groups excluding carboxylic acids is 1. The molecule has 2 aliphatic rings. The van der Waals surface area contributed by atoms with Crippen molar-refractivity contribution < 1.29 is 43.1 Å². The molecule has 236 valence electrons. The van der Waals surface area contributed by atoms with Gasteiger partial charge in [0, 0.05) is 24.3 Å². The predicted molar refractivity (Wildman–Crippen MR) is 163 cm³/mol. The molecule has 0 fully saturated rings. The highest BCUT2D eigenvalue weighted by atomic mass is 16.6. The average molecular weight is 629 g/mol. The first-order valence-corrected chi connectivity index (χ1v) is 14.4. The first-order chi connectivity index (χ1) is 22.4. The Morgan fingerprint density at radius 1 is 0.587 bits per heavy atom. The van der Waals surface area contributed by atoms with E-state index < -0.39 is 21.7 Å². The van der Waals surface area contributed by atoms with E-state index >= 15 is 0 Å². The molecular weight excluding hydrogens is 600 g/mol. The van der Waals surface area contributed by atoms with Crippen LogP contribution in [0, 0.1) is 20.2 Å². The van der Waals surface area contributed by atoms with Crippen LogP contribution in [0.5, 0.6) is 34.5 Å². The zero-order chi connectivity index (χ0) is 32.0. The summed E-state index contributed by atoms with van der Waals surface area (Å²) < 4.78 is 35.0. The number of Topliss-reactive ketones (excluding diaryl/α,β-unsaturated/α-hetero) is 1. The van der Waals surface area contributed by atoms with Crippen LogP contribution in [0.4, 0.5) is 11.4 Å². The minimum atomic E-state index is -0.843. The Hall–Kier alpha value is -5.85. The third kappa shape index (κ3) is 6.78. The summed E-state index contributed by atoms with van der Waals surface area (Å²) in [5, 5.41) is 22.2. The molecule has 2 aliphatic heterocycles. The van der Waals surface area contributed by atoms with Crippen molar-refractivity contribution >= 4 is 17.2 Å². The van der Waals surface area contributed by atoms with Gasteiger partial charge in [-0.25, -0.2) is 0 Å². The van der Waals surface area contributed by atoms with Gasteiger partial charge in [0.1, 0.15) is 51.1 Å². The van der Waals surface area contributed by atoms with Crippen LogP contribution in [0.3, 0.4) is 0 Å². The SMILES string of the molecule is O=C(C(COc1ccc([N+](=O)[O-])cc1)c1ccc2c(c1)OCCO2)C(COc1ccc([N+](=O)[O-])cc1)c1ccc2c(c1)OCCO2. The van der Waals surface area contributed by atoms with Crippen LogP contribution in [0.2, 0.25) is 0 Å². The summed E-state index contributed by atoms with van der Waals surface area (Å²) in [6.07, 6.45) is 0. The molecule has 0 aromatic heterocycles. The van der Waals surface area contributed by atoms with Crippen LogP contribution < -0.4 is 28.4 Å². The van der Waals surface area contributed by atoms with Gasteiger partial charge >= 0.3 is 0 Å². The molecule has 13 heteroatoms. The monoisotopic (exact) mass is 628 g/mol. The minimum Gasteiger partial charge on any atom is -0.492 e. The van der Waals surface area contributed by atoms with E-state index in [2.05, 4.69) is 0 Å². The molecular formula is C33H28N2O11. The Balaban J connectivity index is 1.33. The fourth-order valence-electron chi connectivity index (χ4n) is 5.17. The molecule has 0 saturated carbocycles. The molecule has 0 bridgehead atoms. The number of rotatable bonds is 12. The number of nitro benzene ring substituents is 2. The third-order valence-electron chi connectivity index (χ3n) is 7.55. The summed E-state index contributed by atoms with van der Waals surface area (Å²) >= 11 is 0. The molecule has 0 saturated heterocycles. The van der Waals surface area contributed by atoms with Gasteiger partial charge in [-0.2, -0.15) is 0 Å².